The molecule has 116 valence electrons. The molecule has 1 fully saturated rings. The molecule has 2 aromatic rings. The minimum absolute atomic E-state index is 0.625. The number of para-hydroxylation sites is 1. The molecule has 0 amide bonds. The molecule has 22 heavy (non-hydrogen) atoms. The molecule has 0 bridgehead atoms. The van der Waals surface area contributed by atoms with Crippen molar-refractivity contribution >= 4 is 17.4 Å². The summed E-state index contributed by atoms with van der Waals surface area (Å²) >= 11 is 1.96. The molecule has 3 heteroatoms. The lowest BCUT2D eigenvalue weighted by atomic mass is 10.0. The molecule has 0 aromatic heterocycles. The third-order valence-electron chi connectivity index (χ3n) is 4.15. The highest BCUT2D eigenvalue weighted by Gasteiger charge is 2.18. The van der Waals surface area contributed by atoms with Crippen molar-refractivity contribution < 1.29 is 0 Å². The average molecular weight is 312 g/mol. The normalized spacial score (nSPS) is 16.5. The molecule has 0 spiro atoms. The Labute approximate surface area is 137 Å². The van der Waals surface area contributed by atoms with E-state index in [1.165, 1.54) is 48.8 Å². The van der Waals surface area contributed by atoms with Crippen molar-refractivity contribution in [1.29, 1.82) is 0 Å². The van der Waals surface area contributed by atoms with E-state index in [1.807, 2.05) is 11.8 Å². The monoisotopic (exact) mass is 312 g/mol. The molecule has 2 aromatic carbocycles. The van der Waals surface area contributed by atoms with E-state index in [9.17, 15) is 0 Å². The van der Waals surface area contributed by atoms with Gasteiger partial charge in [-0.3, -0.25) is 0 Å². The fourth-order valence-electron chi connectivity index (χ4n) is 2.88. The Bertz CT molecular complexity index is 536. The molecular weight excluding hydrogens is 288 g/mol. The van der Waals surface area contributed by atoms with E-state index in [2.05, 4.69) is 70.9 Å². The summed E-state index contributed by atoms with van der Waals surface area (Å²) < 4.78 is 0. The highest BCUT2D eigenvalue weighted by Crippen LogP contribution is 2.19. The van der Waals surface area contributed by atoms with E-state index in [4.69, 9.17) is 0 Å². The van der Waals surface area contributed by atoms with E-state index in [0.717, 1.165) is 0 Å². The summed E-state index contributed by atoms with van der Waals surface area (Å²) in [7, 11) is 0. The van der Waals surface area contributed by atoms with Gasteiger partial charge in [-0.1, -0.05) is 36.4 Å². The average Bonchev–Trinajstić information content (AvgIpc) is 2.58. The Morgan fingerprint density at radius 3 is 2.23 bits per heavy atom. The van der Waals surface area contributed by atoms with Crippen molar-refractivity contribution in [1.82, 2.24) is 4.90 Å². The van der Waals surface area contributed by atoms with Gasteiger partial charge in [0.2, 0.25) is 0 Å². The first-order chi connectivity index (χ1) is 10.9. The Hall–Kier alpha value is -1.45. The SMILES string of the molecule is c1ccc(NC2CCN(CCSc3ccccc3)CC2)cc1. The fraction of sp³-hybridized carbons (Fsp3) is 0.368. The van der Waals surface area contributed by atoms with Gasteiger partial charge in [0.05, 0.1) is 0 Å². The Morgan fingerprint density at radius 1 is 0.909 bits per heavy atom. The Balaban J connectivity index is 1.35. The van der Waals surface area contributed by atoms with Gasteiger partial charge in [0.15, 0.2) is 0 Å². The molecule has 0 unspecified atom stereocenters. The third kappa shape index (κ3) is 4.79. The minimum Gasteiger partial charge on any atom is -0.382 e. The van der Waals surface area contributed by atoms with Crippen LogP contribution in [0.3, 0.4) is 0 Å². The standard InChI is InChI=1S/C19H24N2S/c1-3-7-17(8-4-1)20-18-11-13-21(14-12-18)15-16-22-19-9-5-2-6-10-19/h1-10,18,20H,11-16H2. The maximum Gasteiger partial charge on any atom is 0.0342 e. The number of piperidine rings is 1. The van der Waals surface area contributed by atoms with Crippen molar-refractivity contribution in [2.24, 2.45) is 0 Å². The second kappa shape index (κ2) is 8.25. The van der Waals surface area contributed by atoms with Crippen LogP contribution in [0.25, 0.3) is 0 Å². The van der Waals surface area contributed by atoms with Crippen LogP contribution in [-0.2, 0) is 0 Å². The van der Waals surface area contributed by atoms with Crippen molar-refractivity contribution in [3.8, 4) is 0 Å². The van der Waals surface area contributed by atoms with E-state index in [1.54, 1.807) is 0 Å². The first-order valence-corrected chi connectivity index (χ1v) is 9.10. The molecule has 0 atom stereocenters. The zero-order chi connectivity index (χ0) is 15.0. The summed E-state index contributed by atoms with van der Waals surface area (Å²) in [6.45, 7) is 3.61. The number of nitrogens with zero attached hydrogens (tertiary/aromatic N) is 1. The highest BCUT2D eigenvalue weighted by atomic mass is 32.2. The van der Waals surface area contributed by atoms with Crippen LogP contribution in [0.4, 0.5) is 5.69 Å². The van der Waals surface area contributed by atoms with E-state index >= 15 is 0 Å². The zero-order valence-corrected chi connectivity index (χ0v) is 13.8. The molecule has 0 aliphatic carbocycles. The minimum atomic E-state index is 0.625. The van der Waals surface area contributed by atoms with E-state index in [0.29, 0.717) is 6.04 Å². The van der Waals surface area contributed by atoms with Crippen LogP contribution in [0, 0.1) is 0 Å². The summed E-state index contributed by atoms with van der Waals surface area (Å²) in [5.41, 5.74) is 1.25. The van der Waals surface area contributed by atoms with Gasteiger partial charge >= 0.3 is 0 Å². The first kappa shape index (κ1) is 15.4. The Morgan fingerprint density at radius 2 is 1.55 bits per heavy atom. The Kier molecular flexibility index (Phi) is 5.79. The number of benzene rings is 2. The quantitative estimate of drug-likeness (QED) is 0.798. The van der Waals surface area contributed by atoms with Crippen LogP contribution in [-0.4, -0.2) is 36.3 Å². The van der Waals surface area contributed by atoms with Crippen molar-refractivity contribution in [2.45, 2.75) is 23.8 Å². The van der Waals surface area contributed by atoms with Crippen LogP contribution < -0.4 is 5.32 Å². The molecular formula is C19H24N2S. The smallest absolute Gasteiger partial charge is 0.0342 e. The lowest BCUT2D eigenvalue weighted by Gasteiger charge is -2.32. The van der Waals surface area contributed by atoms with Gasteiger partial charge in [0.1, 0.15) is 0 Å². The molecule has 1 N–H and O–H groups in total. The van der Waals surface area contributed by atoms with Crippen LogP contribution >= 0.6 is 11.8 Å². The molecule has 1 aliphatic rings. The van der Waals surface area contributed by atoms with Gasteiger partial charge in [0.25, 0.3) is 0 Å². The van der Waals surface area contributed by atoms with Crippen molar-refractivity contribution in [2.75, 3.05) is 30.7 Å². The van der Waals surface area contributed by atoms with Crippen LogP contribution in [0.5, 0.6) is 0 Å². The lowest BCUT2D eigenvalue weighted by molar-refractivity contribution is 0.231. The van der Waals surface area contributed by atoms with Crippen molar-refractivity contribution in [3.05, 3.63) is 60.7 Å². The number of thioether (sulfide) groups is 1. The maximum absolute atomic E-state index is 3.65. The van der Waals surface area contributed by atoms with Gasteiger partial charge < -0.3 is 10.2 Å². The molecule has 2 nitrogen and oxygen atoms in total. The van der Waals surface area contributed by atoms with E-state index < -0.39 is 0 Å². The zero-order valence-electron chi connectivity index (χ0n) is 12.9. The van der Waals surface area contributed by atoms with Crippen LogP contribution in [0.1, 0.15) is 12.8 Å². The molecule has 3 rings (SSSR count). The second-order valence-corrected chi connectivity index (χ2v) is 6.96. The summed E-state index contributed by atoms with van der Waals surface area (Å²) in [4.78, 5) is 3.97. The van der Waals surface area contributed by atoms with Gasteiger partial charge in [-0.05, 0) is 37.1 Å². The lowest BCUT2D eigenvalue weighted by Crippen LogP contribution is -2.40. The van der Waals surface area contributed by atoms with Crippen LogP contribution in [0.15, 0.2) is 65.6 Å². The highest BCUT2D eigenvalue weighted by molar-refractivity contribution is 7.99. The summed E-state index contributed by atoms with van der Waals surface area (Å²) in [5, 5.41) is 3.65. The number of likely N-dealkylation sites (tertiary alicyclic amines) is 1. The maximum atomic E-state index is 3.65. The van der Waals surface area contributed by atoms with E-state index in [-0.39, 0.29) is 0 Å². The van der Waals surface area contributed by atoms with Gasteiger partial charge in [-0.25, -0.2) is 0 Å². The summed E-state index contributed by atoms with van der Waals surface area (Å²) in [6, 6.07) is 21.9. The second-order valence-electron chi connectivity index (χ2n) is 5.79. The molecule has 1 aliphatic heterocycles. The van der Waals surface area contributed by atoms with Crippen LogP contribution in [0.2, 0.25) is 0 Å². The summed E-state index contributed by atoms with van der Waals surface area (Å²) in [6.07, 6.45) is 2.48. The molecule has 0 radical (unpaired) electrons. The molecule has 0 saturated carbocycles. The topological polar surface area (TPSA) is 15.3 Å². The molecule has 1 saturated heterocycles. The van der Waals surface area contributed by atoms with Gasteiger partial charge in [0, 0.05) is 42.0 Å². The number of hydrogen-bond acceptors (Lipinski definition) is 3. The first-order valence-electron chi connectivity index (χ1n) is 8.12. The predicted octanol–water partition coefficient (Wildman–Crippen LogP) is 4.36. The third-order valence-corrected chi connectivity index (χ3v) is 5.14. The number of anilines is 1. The van der Waals surface area contributed by atoms with Crippen molar-refractivity contribution in [3.63, 3.8) is 0 Å². The predicted molar refractivity (Wildman–Crippen MR) is 96.7 cm³/mol. The number of rotatable bonds is 6. The summed E-state index contributed by atoms with van der Waals surface area (Å²) in [5.74, 6) is 1.18. The fourth-order valence-corrected chi connectivity index (χ4v) is 3.82. The largest absolute Gasteiger partial charge is 0.382 e. The number of nitrogens with one attached hydrogen (secondary N) is 1. The molecule has 1 heterocycles. The van der Waals surface area contributed by atoms with Gasteiger partial charge in [-0.2, -0.15) is 0 Å². The number of hydrogen-bond donors (Lipinski definition) is 1. The van der Waals surface area contributed by atoms with Gasteiger partial charge in [-0.15, -0.1) is 11.8 Å².